The summed E-state index contributed by atoms with van der Waals surface area (Å²) in [5, 5.41) is 0.558. The largest absolute Gasteiger partial charge is 0.329 e. The summed E-state index contributed by atoms with van der Waals surface area (Å²) in [7, 11) is 0. The molecule has 20 heavy (non-hydrogen) atoms. The first-order valence-electron chi connectivity index (χ1n) is 6.29. The topological polar surface area (TPSA) is 54.9 Å². The van der Waals surface area contributed by atoms with Gasteiger partial charge in [-0.15, -0.1) is 0 Å². The summed E-state index contributed by atoms with van der Waals surface area (Å²) in [6.45, 7) is 2.00. The maximum absolute atomic E-state index is 12.6. The van der Waals surface area contributed by atoms with Crippen LogP contribution < -0.4 is 11.2 Å². The maximum Gasteiger partial charge on any atom is 0.329 e. The van der Waals surface area contributed by atoms with Gasteiger partial charge in [-0.3, -0.25) is 14.3 Å². The third-order valence-corrected chi connectivity index (χ3v) is 4.12. The Hall–Kier alpha value is -1.52. The van der Waals surface area contributed by atoms with Crippen molar-refractivity contribution in [3.63, 3.8) is 0 Å². The fourth-order valence-corrected chi connectivity index (χ4v) is 2.84. The minimum Gasteiger partial charge on any atom is -0.297 e. The van der Waals surface area contributed by atoms with E-state index in [-0.39, 0.29) is 22.3 Å². The maximum atomic E-state index is 12.6. The number of hydrogen-bond acceptors (Lipinski definition) is 2. The number of aromatic amines is 1. The van der Waals surface area contributed by atoms with E-state index in [0.717, 1.165) is 6.42 Å². The number of aromatic nitrogens is 2. The number of nitrogens with zero attached hydrogens (tertiary/aromatic N) is 1. The monoisotopic (exact) mass is 310 g/mol. The standard InChI is InChI=1S/C14H12Cl2N2O2/c1-7-5-10(7)18-13(19)11(12(16)17-14(18)20)8-3-2-4-9(15)6-8/h2-4,6-7,10H,5H2,1H3,(H,17,20). The first-order valence-corrected chi connectivity index (χ1v) is 7.05. The lowest BCUT2D eigenvalue weighted by atomic mass is 10.1. The molecule has 1 saturated carbocycles. The summed E-state index contributed by atoms with van der Waals surface area (Å²) < 4.78 is 1.26. The summed E-state index contributed by atoms with van der Waals surface area (Å²) in [6, 6.07) is 6.81. The predicted molar refractivity (Wildman–Crippen MR) is 79.6 cm³/mol. The van der Waals surface area contributed by atoms with E-state index < -0.39 is 5.69 Å². The Bertz CT molecular complexity index is 794. The van der Waals surface area contributed by atoms with E-state index in [1.165, 1.54) is 4.57 Å². The minimum absolute atomic E-state index is 0.0403. The van der Waals surface area contributed by atoms with E-state index in [1.54, 1.807) is 24.3 Å². The highest BCUT2D eigenvalue weighted by Gasteiger charge is 2.37. The lowest BCUT2D eigenvalue weighted by molar-refractivity contribution is 0.619. The van der Waals surface area contributed by atoms with Crippen LogP contribution in [0.4, 0.5) is 0 Å². The lowest BCUT2D eigenvalue weighted by Crippen LogP contribution is -2.36. The highest BCUT2D eigenvalue weighted by Crippen LogP contribution is 2.41. The Kier molecular flexibility index (Phi) is 3.22. The van der Waals surface area contributed by atoms with Crippen LogP contribution in [0.1, 0.15) is 19.4 Å². The molecule has 1 fully saturated rings. The Balaban J connectivity index is 2.26. The molecule has 104 valence electrons. The Labute approximate surface area is 125 Å². The molecular weight excluding hydrogens is 299 g/mol. The number of H-pyrrole nitrogens is 1. The number of benzene rings is 1. The van der Waals surface area contributed by atoms with Gasteiger partial charge in [-0.2, -0.15) is 0 Å². The highest BCUT2D eigenvalue weighted by molar-refractivity contribution is 6.32. The van der Waals surface area contributed by atoms with Crippen LogP contribution >= 0.6 is 23.2 Å². The van der Waals surface area contributed by atoms with Gasteiger partial charge >= 0.3 is 5.69 Å². The van der Waals surface area contributed by atoms with E-state index in [4.69, 9.17) is 23.2 Å². The Morgan fingerprint density at radius 2 is 2.00 bits per heavy atom. The zero-order chi connectivity index (χ0) is 14.4. The molecule has 1 aromatic heterocycles. The van der Waals surface area contributed by atoms with E-state index in [0.29, 0.717) is 16.5 Å². The fourth-order valence-electron chi connectivity index (χ4n) is 2.38. The zero-order valence-electron chi connectivity index (χ0n) is 10.7. The van der Waals surface area contributed by atoms with Crippen LogP contribution in [0.15, 0.2) is 33.9 Å². The molecule has 1 N–H and O–H groups in total. The molecule has 0 bridgehead atoms. The van der Waals surface area contributed by atoms with Crippen molar-refractivity contribution in [2.24, 2.45) is 5.92 Å². The Morgan fingerprint density at radius 1 is 1.30 bits per heavy atom. The van der Waals surface area contributed by atoms with Gasteiger partial charge in [-0.05, 0) is 30.0 Å². The van der Waals surface area contributed by atoms with Crippen molar-refractivity contribution >= 4 is 23.2 Å². The molecule has 2 aromatic rings. The van der Waals surface area contributed by atoms with Crippen LogP contribution in [-0.2, 0) is 0 Å². The van der Waals surface area contributed by atoms with Crippen LogP contribution in [0.5, 0.6) is 0 Å². The second-order valence-corrected chi connectivity index (χ2v) is 5.90. The summed E-state index contributed by atoms with van der Waals surface area (Å²) in [5.74, 6) is 0.335. The van der Waals surface area contributed by atoms with Crippen molar-refractivity contribution in [2.45, 2.75) is 19.4 Å². The molecular formula is C14H12Cl2N2O2. The molecule has 1 aromatic carbocycles. The molecule has 1 aliphatic rings. The van der Waals surface area contributed by atoms with Crippen molar-refractivity contribution in [3.8, 4) is 11.1 Å². The van der Waals surface area contributed by atoms with Crippen LogP contribution in [0, 0.1) is 5.92 Å². The van der Waals surface area contributed by atoms with E-state index in [2.05, 4.69) is 4.98 Å². The third kappa shape index (κ3) is 2.19. The molecule has 1 aliphatic carbocycles. The normalized spacial score (nSPS) is 20.9. The molecule has 0 amide bonds. The van der Waals surface area contributed by atoms with Gasteiger partial charge in [0.05, 0.1) is 5.56 Å². The fraction of sp³-hybridized carbons (Fsp3) is 0.286. The van der Waals surface area contributed by atoms with E-state index >= 15 is 0 Å². The lowest BCUT2D eigenvalue weighted by Gasteiger charge is -2.09. The van der Waals surface area contributed by atoms with E-state index in [1.807, 2.05) is 6.92 Å². The van der Waals surface area contributed by atoms with Gasteiger partial charge in [0.2, 0.25) is 0 Å². The van der Waals surface area contributed by atoms with Crippen LogP contribution in [-0.4, -0.2) is 9.55 Å². The number of hydrogen-bond donors (Lipinski definition) is 1. The first-order chi connectivity index (χ1) is 9.49. The summed E-state index contributed by atoms with van der Waals surface area (Å²) >= 11 is 12.0. The predicted octanol–water partition coefficient (Wildman–Crippen LogP) is 3.09. The quantitative estimate of drug-likeness (QED) is 0.867. The second-order valence-electron chi connectivity index (χ2n) is 5.08. The van der Waals surface area contributed by atoms with Crippen molar-refractivity contribution in [3.05, 3.63) is 55.3 Å². The van der Waals surface area contributed by atoms with Crippen molar-refractivity contribution in [1.82, 2.24) is 9.55 Å². The third-order valence-electron chi connectivity index (χ3n) is 3.60. The molecule has 0 saturated heterocycles. The molecule has 2 unspecified atom stereocenters. The second kappa shape index (κ2) is 4.79. The molecule has 2 atom stereocenters. The summed E-state index contributed by atoms with van der Waals surface area (Å²) in [4.78, 5) is 27.0. The van der Waals surface area contributed by atoms with Gasteiger partial charge in [-0.1, -0.05) is 42.3 Å². The summed E-state index contributed by atoms with van der Waals surface area (Å²) in [5.41, 5.74) is 0.0640. The van der Waals surface area contributed by atoms with Gasteiger partial charge in [0.1, 0.15) is 5.15 Å². The molecule has 4 nitrogen and oxygen atoms in total. The molecule has 0 aliphatic heterocycles. The van der Waals surface area contributed by atoms with Crippen molar-refractivity contribution < 1.29 is 0 Å². The van der Waals surface area contributed by atoms with Gasteiger partial charge in [-0.25, -0.2) is 4.79 Å². The van der Waals surface area contributed by atoms with Gasteiger partial charge in [0.25, 0.3) is 5.56 Å². The molecule has 6 heteroatoms. The van der Waals surface area contributed by atoms with Gasteiger partial charge in [0.15, 0.2) is 0 Å². The van der Waals surface area contributed by atoms with Crippen molar-refractivity contribution in [2.75, 3.05) is 0 Å². The Morgan fingerprint density at radius 3 is 2.60 bits per heavy atom. The average molecular weight is 311 g/mol. The van der Waals surface area contributed by atoms with Crippen LogP contribution in [0.3, 0.4) is 0 Å². The van der Waals surface area contributed by atoms with Gasteiger partial charge in [0, 0.05) is 11.1 Å². The highest BCUT2D eigenvalue weighted by atomic mass is 35.5. The van der Waals surface area contributed by atoms with Crippen molar-refractivity contribution in [1.29, 1.82) is 0 Å². The smallest absolute Gasteiger partial charge is 0.297 e. The van der Waals surface area contributed by atoms with Gasteiger partial charge < -0.3 is 0 Å². The molecule has 0 radical (unpaired) electrons. The summed E-state index contributed by atoms with van der Waals surface area (Å²) in [6.07, 6.45) is 0.833. The number of rotatable bonds is 2. The zero-order valence-corrected chi connectivity index (χ0v) is 12.2. The SMILES string of the molecule is CC1CC1n1c(=O)[nH]c(Cl)c(-c2cccc(Cl)c2)c1=O. The number of nitrogens with one attached hydrogen (secondary N) is 1. The number of halogens is 2. The first kappa shape index (κ1) is 13.5. The van der Waals surface area contributed by atoms with Crippen LogP contribution in [0.25, 0.3) is 11.1 Å². The average Bonchev–Trinajstić information content (AvgIpc) is 3.05. The molecule has 3 rings (SSSR count). The molecule has 0 spiro atoms. The molecule has 1 heterocycles. The van der Waals surface area contributed by atoms with Crippen LogP contribution in [0.2, 0.25) is 10.2 Å². The minimum atomic E-state index is -0.458. The van der Waals surface area contributed by atoms with E-state index in [9.17, 15) is 9.59 Å².